The second-order valence-corrected chi connectivity index (χ2v) is 6.67. The van der Waals surface area contributed by atoms with E-state index < -0.39 is 5.97 Å². The van der Waals surface area contributed by atoms with Crippen LogP contribution in [0.2, 0.25) is 0 Å². The summed E-state index contributed by atoms with van der Waals surface area (Å²) < 4.78 is 0. The summed E-state index contributed by atoms with van der Waals surface area (Å²) in [6, 6.07) is 10.9. The Morgan fingerprint density at radius 1 is 1.11 bits per heavy atom. The number of benzene rings is 1. The quantitative estimate of drug-likeness (QED) is 0.624. The molecule has 1 aromatic carbocycles. The first kappa shape index (κ1) is 17.0. The van der Waals surface area contributed by atoms with Crippen LogP contribution in [0, 0.1) is 0 Å². The molecule has 0 aliphatic heterocycles. The lowest BCUT2D eigenvalue weighted by atomic mass is 10.0. The van der Waals surface area contributed by atoms with E-state index in [4.69, 9.17) is 5.11 Å². The van der Waals surface area contributed by atoms with Crippen molar-refractivity contribution in [2.24, 2.45) is 0 Å². The minimum atomic E-state index is -1.01. The summed E-state index contributed by atoms with van der Waals surface area (Å²) in [6.07, 6.45) is 5.51. The van der Waals surface area contributed by atoms with Crippen LogP contribution in [0.25, 0.3) is 11.1 Å². The number of hydrogen-bond donors (Lipinski definition) is 3. The largest absolute Gasteiger partial charge is 0.478 e. The number of nitrogens with one attached hydrogen (secondary N) is 2. The summed E-state index contributed by atoms with van der Waals surface area (Å²) in [5.41, 5.74) is 3.63. The lowest BCUT2D eigenvalue weighted by Gasteiger charge is -2.05. The average molecular weight is 362 g/mol. The topological polar surface area (TPSA) is 108 Å². The molecule has 0 atom stereocenters. The van der Waals surface area contributed by atoms with Crippen LogP contribution < -0.4 is 5.32 Å². The fourth-order valence-electron chi connectivity index (χ4n) is 2.91. The van der Waals surface area contributed by atoms with E-state index in [1.807, 2.05) is 30.3 Å². The van der Waals surface area contributed by atoms with Crippen molar-refractivity contribution in [3.8, 4) is 11.1 Å². The zero-order valence-corrected chi connectivity index (χ0v) is 14.5. The van der Waals surface area contributed by atoms with Gasteiger partial charge in [0.15, 0.2) is 5.82 Å². The number of aromatic carboxylic acids is 1. The molecule has 136 valence electrons. The fraction of sp³-hybridized carbons (Fsp3) is 0.200. The highest BCUT2D eigenvalue weighted by Gasteiger charge is 2.25. The van der Waals surface area contributed by atoms with Crippen molar-refractivity contribution in [2.75, 3.05) is 5.32 Å². The third-order valence-electron chi connectivity index (χ3n) is 4.52. The van der Waals surface area contributed by atoms with Gasteiger partial charge in [0, 0.05) is 35.6 Å². The Kier molecular flexibility index (Phi) is 4.42. The van der Waals surface area contributed by atoms with E-state index >= 15 is 0 Å². The van der Waals surface area contributed by atoms with Crippen molar-refractivity contribution < 1.29 is 14.7 Å². The van der Waals surface area contributed by atoms with E-state index in [1.54, 1.807) is 12.3 Å². The molecule has 3 aromatic rings. The van der Waals surface area contributed by atoms with Gasteiger partial charge in [0.1, 0.15) is 0 Å². The lowest BCUT2D eigenvalue weighted by molar-refractivity contribution is -0.115. The Morgan fingerprint density at radius 2 is 1.89 bits per heavy atom. The number of rotatable bonds is 6. The van der Waals surface area contributed by atoms with Gasteiger partial charge in [0.25, 0.3) is 0 Å². The molecule has 0 spiro atoms. The van der Waals surface area contributed by atoms with E-state index in [9.17, 15) is 9.59 Å². The van der Waals surface area contributed by atoms with Gasteiger partial charge in [-0.2, -0.15) is 5.10 Å². The molecule has 0 unspecified atom stereocenters. The number of carboxylic acids is 1. The number of pyridine rings is 1. The van der Waals surface area contributed by atoms with Crippen LogP contribution in [0.3, 0.4) is 0 Å². The highest BCUT2D eigenvalue weighted by Crippen LogP contribution is 2.39. The molecule has 1 amide bonds. The van der Waals surface area contributed by atoms with Gasteiger partial charge in [0.2, 0.25) is 5.91 Å². The highest BCUT2D eigenvalue weighted by atomic mass is 16.4. The molecular formula is C20H18N4O3. The molecule has 1 fully saturated rings. The summed E-state index contributed by atoms with van der Waals surface area (Å²) in [5, 5.41) is 19.0. The van der Waals surface area contributed by atoms with Gasteiger partial charge >= 0.3 is 5.97 Å². The van der Waals surface area contributed by atoms with Crippen LogP contribution in [0.15, 0.2) is 48.8 Å². The molecule has 27 heavy (non-hydrogen) atoms. The molecule has 0 radical (unpaired) electrons. The van der Waals surface area contributed by atoms with Crippen LogP contribution in [-0.2, 0) is 11.2 Å². The van der Waals surface area contributed by atoms with Crippen molar-refractivity contribution in [3.05, 3.63) is 65.6 Å². The maximum Gasteiger partial charge on any atom is 0.337 e. The van der Waals surface area contributed by atoms with E-state index in [0.29, 0.717) is 11.7 Å². The second-order valence-electron chi connectivity index (χ2n) is 6.67. The molecule has 7 nitrogen and oxygen atoms in total. The lowest BCUT2D eigenvalue weighted by Crippen LogP contribution is -2.14. The minimum Gasteiger partial charge on any atom is -0.478 e. The molecule has 3 N–H and O–H groups in total. The number of aromatic amines is 1. The molecule has 1 saturated carbocycles. The highest BCUT2D eigenvalue weighted by molar-refractivity contribution is 5.91. The third-order valence-corrected chi connectivity index (χ3v) is 4.52. The van der Waals surface area contributed by atoms with Gasteiger partial charge in [-0.05, 0) is 30.0 Å². The van der Waals surface area contributed by atoms with Gasteiger partial charge in [-0.15, -0.1) is 0 Å². The number of amides is 1. The summed E-state index contributed by atoms with van der Waals surface area (Å²) >= 11 is 0. The number of carbonyl (C=O) groups excluding carboxylic acids is 1. The molecule has 7 heteroatoms. The van der Waals surface area contributed by atoms with Gasteiger partial charge in [-0.1, -0.05) is 24.3 Å². The second kappa shape index (κ2) is 7.03. The van der Waals surface area contributed by atoms with Crippen LogP contribution in [0.5, 0.6) is 0 Å². The summed E-state index contributed by atoms with van der Waals surface area (Å²) in [4.78, 5) is 27.2. The molecule has 1 aliphatic rings. The van der Waals surface area contributed by atoms with Crippen molar-refractivity contribution >= 4 is 17.7 Å². The number of nitrogens with zero attached hydrogens (tertiary/aromatic N) is 2. The van der Waals surface area contributed by atoms with E-state index in [-0.39, 0.29) is 17.9 Å². The molecule has 4 rings (SSSR count). The number of H-pyrrole nitrogens is 1. The van der Waals surface area contributed by atoms with Gasteiger partial charge in [0.05, 0.1) is 12.0 Å². The first-order chi connectivity index (χ1) is 13.1. The van der Waals surface area contributed by atoms with E-state index in [0.717, 1.165) is 22.4 Å². The molecule has 2 heterocycles. The number of hydrogen-bond acceptors (Lipinski definition) is 4. The first-order valence-corrected chi connectivity index (χ1v) is 8.71. The fourth-order valence-corrected chi connectivity index (χ4v) is 2.91. The zero-order chi connectivity index (χ0) is 18.8. The SMILES string of the molecule is O=C(Cc1ccc(-c2cncc(C(=O)O)c2)cc1)Nc1cc(C2CC2)[nH]n1. The Hall–Kier alpha value is -3.48. The number of carbonyl (C=O) groups is 2. The molecule has 1 aliphatic carbocycles. The maximum absolute atomic E-state index is 12.2. The Balaban J connectivity index is 1.40. The van der Waals surface area contributed by atoms with Crippen LogP contribution in [0.1, 0.15) is 40.4 Å². The Morgan fingerprint density at radius 3 is 2.59 bits per heavy atom. The third kappa shape index (κ3) is 4.03. The van der Waals surface area contributed by atoms with Crippen molar-refractivity contribution in [3.63, 3.8) is 0 Å². The molecular weight excluding hydrogens is 344 g/mol. The van der Waals surface area contributed by atoms with Gasteiger partial charge in [-0.3, -0.25) is 14.9 Å². The standard InChI is InChI=1S/C20H18N4O3/c25-19(22-18-9-17(23-24-18)14-5-6-14)7-12-1-3-13(4-2-12)15-8-16(20(26)27)11-21-10-15/h1-4,8-11,14H,5-7H2,(H,26,27)(H2,22,23,24,25). The van der Waals surface area contributed by atoms with Crippen LogP contribution in [-0.4, -0.2) is 32.2 Å². The molecule has 0 bridgehead atoms. The summed E-state index contributed by atoms with van der Waals surface area (Å²) in [5.74, 6) is -0.0353. The van der Waals surface area contributed by atoms with Gasteiger partial charge < -0.3 is 10.4 Å². The summed E-state index contributed by atoms with van der Waals surface area (Å²) in [7, 11) is 0. The minimum absolute atomic E-state index is 0.133. The molecule has 0 saturated heterocycles. The molecule has 2 aromatic heterocycles. The van der Waals surface area contributed by atoms with E-state index in [1.165, 1.54) is 19.0 Å². The number of aromatic nitrogens is 3. The smallest absolute Gasteiger partial charge is 0.337 e. The predicted molar refractivity (Wildman–Crippen MR) is 99.5 cm³/mol. The average Bonchev–Trinajstić information content (AvgIpc) is 3.42. The van der Waals surface area contributed by atoms with Crippen LogP contribution >= 0.6 is 0 Å². The normalized spacial score (nSPS) is 13.3. The number of anilines is 1. The summed E-state index contributed by atoms with van der Waals surface area (Å²) in [6.45, 7) is 0. The van der Waals surface area contributed by atoms with Crippen LogP contribution in [0.4, 0.5) is 5.82 Å². The monoisotopic (exact) mass is 362 g/mol. The van der Waals surface area contributed by atoms with Crippen molar-refractivity contribution in [2.45, 2.75) is 25.2 Å². The van der Waals surface area contributed by atoms with E-state index in [2.05, 4.69) is 20.5 Å². The Labute approximate surface area is 155 Å². The maximum atomic E-state index is 12.2. The van der Waals surface area contributed by atoms with Crippen molar-refractivity contribution in [1.82, 2.24) is 15.2 Å². The van der Waals surface area contributed by atoms with Gasteiger partial charge in [-0.25, -0.2) is 4.79 Å². The zero-order valence-electron chi connectivity index (χ0n) is 14.5. The number of carboxylic acid groups (broad SMARTS) is 1. The van der Waals surface area contributed by atoms with Crippen molar-refractivity contribution in [1.29, 1.82) is 0 Å². The first-order valence-electron chi connectivity index (χ1n) is 8.71. The Bertz CT molecular complexity index is 990. The predicted octanol–water partition coefficient (Wildman–Crippen LogP) is 3.23.